The first-order valence-electron chi connectivity index (χ1n) is 25.9. The van der Waals surface area contributed by atoms with Crippen LogP contribution in [0, 0.1) is 5.92 Å². The van der Waals surface area contributed by atoms with Gasteiger partial charge in [-0.1, -0.05) is 142 Å². The van der Waals surface area contributed by atoms with Gasteiger partial charge in [0.25, 0.3) is 0 Å². The molecule has 1 N–H and O–H groups in total. The molecule has 0 spiro atoms. The predicted octanol–water partition coefficient (Wildman–Crippen LogP) is 14.6. The third-order valence-corrected chi connectivity index (χ3v) is 10.6. The van der Waals surface area contributed by atoms with Gasteiger partial charge in [-0.3, -0.25) is 9.88 Å². The third kappa shape index (κ3) is 34.9. The minimum absolute atomic E-state index is 0.0289. The quantitative estimate of drug-likeness (QED) is 0.0354. The zero-order valence-corrected chi connectivity index (χ0v) is 45.7. The van der Waals surface area contributed by atoms with Crippen molar-refractivity contribution in [2.45, 2.75) is 152 Å². The van der Waals surface area contributed by atoms with Gasteiger partial charge >= 0.3 is 0 Å². The first-order valence-corrected chi connectivity index (χ1v) is 25.9. The summed E-state index contributed by atoms with van der Waals surface area (Å²) >= 11 is 0. The van der Waals surface area contributed by atoms with Crippen LogP contribution in [0.15, 0.2) is 102 Å². The number of fused-ring (bicyclic) bond motifs is 1. The highest BCUT2D eigenvalue weighted by Crippen LogP contribution is 2.26. The van der Waals surface area contributed by atoms with Crippen LogP contribution in [0.5, 0.6) is 11.5 Å². The summed E-state index contributed by atoms with van der Waals surface area (Å²) in [6, 6.07) is 19.3. The number of ether oxygens (including phenoxy) is 2. The van der Waals surface area contributed by atoms with Crippen molar-refractivity contribution in [1.82, 2.24) is 25.1 Å². The number of benzene rings is 2. The molecule has 2 unspecified atom stereocenters. The van der Waals surface area contributed by atoms with Crippen LogP contribution in [0.3, 0.4) is 0 Å². The molecular weight excluding hydrogens is 859 g/mol. The second-order valence-corrected chi connectivity index (χ2v) is 17.0. The van der Waals surface area contributed by atoms with E-state index in [0.29, 0.717) is 19.0 Å². The molecule has 2 aromatic heterocycles. The van der Waals surface area contributed by atoms with Crippen LogP contribution >= 0.6 is 0 Å². The molecule has 10 nitrogen and oxygen atoms in total. The van der Waals surface area contributed by atoms with E-state index in [0.717, 1.165) is 96.9 Å². The number of unbranched alkanes of at least 4 members (excludes halogenated alkanes) is 3. The fraction of sp³-hybridized carbons (Fsp3) is 0.559. The number of nitrogens with one attached hydrogen (secondary N) is 1. The Bertz CT molecular complexity index is 1840. The molecule has 388 valence electrons. The van der Waals surface area contributed by atoms with Gasteiger partial charge in [-0.15, -0.1) is 6.58 Å². The Morgan fingerprint density at radius 1 is 0.870 bits per heavy atom. The Balaban J connectivity index is 0. The normalized spacial score (nSPS) is 12.6. The Kier molecular flexibility index (Phi) is 44.9. The lowest BCUT2D eigenvalue weighted by Gasteiger charge is -2.20. The number of hydrogen-bond donors (Lipinski definition) is 1. The maximum atomic E-state index is 10.4. The number of carbonyl (C=O) groups is 2. The van der Waals surface area contributed by atoms with Gasteiger partial charge < -0.3 is 33.7 Å². The maximum absolute atomic E-state index is 10.4. The van der Waals surface area contributed by atoms with Gasteiger partial charge in [0.05, 0.1) is 25.0 Å². The summed E-state index contributed by atoms with van der Waals surface area (Å²) in [5, 5.41) is 2.75. The second-order valence-electron chi connectivity index (χ2n) is 17.0. The number of pyridine rings is 1. The van der Waals surface area contributed by atoms with Crippen LogP contribution in [-0.4, -0.2) is 92.8 Å². The van der Waals surface area contributed by atoms with Gasteiger partial charge in [-0.2, -0.15) is 0 Å². The average molecular weight is 956 g/mol. The van der Waals surface area contributed by atoms with Crippen molar-refractivity contribution >= 4 is 29.2 Å². The van der Waals surface area contributed by atoms with Gasteiger partial charge in [0.15, 0.2) is 5.58 Å². The van der Waals surface area contributed by atoms with Crippen LogP contribution < -0.4 is 14.8 Å². The van der Waals surface area contributed by atoms with Gasteiger partial charge in [-0.25, -0.2) is 4.98 Å². The summed E-state index contributed by atoms with van der Waals surface area (Å²) in [6.45, 7) is 31.0. The van der Waals surface area contributed by atoms with E-state index < -0.39 is 0 Å². The standard InChI is InChI=1S/C24H28N2O3.C11H23NO.C9H10O.C5H11N.C4H10.C4H8.C2H7N/c1-4-7-8-14-27-21-11-10-19(25-16-21)17-28-20-12-13-23-22(15-20)26-24(29-23)18(6-3)9-5-2;1-4-7-12(9-10-13)8-6-11(3)5-2;1-8(7-10)9-5-3-2-4-6-9;1-6-4-2-3-5-6;2*1-3-4-2;1-3-2/h5-6,9-13,15-16H,4,7-8,14,17H2,1-3H3;10-11H,4-9H2,1-3H3;2-8H,1H3;2-5H2,1H3;3-4H2,1-2H3;3H,1,4H2,2H3;3H,1-2H3/b9-5-,18-6+;;;;;;. The number of nitrogens with zero attached hydrogens (tertiary/aromatic N) is 4. The number of aromatic nitrogens is 2. The summed E-state index contributed by atoms with van der Waals surface area (Å²) in [4.78, 5) is 34.3. The summed E-state index contributed by atoms with van der Waals surface area (Å²) in [5.41, 5.74) is 4.38. The highest BCUT2D eigenvalue weighted by Gasteiger charge is 2.10. The lowest BCUT2D eigenvalue weighted by molar-refractivity contribution is -0.109. The molecule has 10 heteroatoms. The SMILES string of the molecule is C/C=C\C(=C/C)c1nc2cc(OCc3ccc(OCCCCC)cn3)ccc2o1.C=CCC.CC(C=O)c1ccccc1.CCCC.CCCN(CC=O)CCC(C)CC.CN1CCCC1.CNC. The Morgan fingerprint density at radius 2 is 1.52 bits per heavy atom. The average Bonchev–Trinajstić information content (AvgIpc) is 4.05. The zero-order chi connectivity index (χ0) is 51.9. The summed E-state index contributed by atoms with van der Waals surface area (Å²) in [5.74, 6) is 2.94. The van der Waals surface area contributed by atoms with Crippen LogP contribution in [0.4, 0.5) is 0 Å². The van der Waals surface area contributed by atoms with Crippen LogP contribution in [0.2, 0.25) is 0 Å². The van der Waals surface area contributed by atoms with Crippen LogP contribution in [0.25, 0.3) is 16.7 Å². The first kappa shape index (κ1) is 66.2. The number of aldehydes is 2. The van der Waals surface area contributed by atoms with Crippen molar-refractivity contribution in [2.24, 2.45) is 5.92 Å². The first-order chi connectivity index (χ1) is 33.4. The molecule has 2 aromatic carbocycles. The minimum Gasteiger partial charge on any atom is -0.492 e. The molecule has 5 rings (SSSR count). The van der Waals surface area contributed by atoms with E-state index in [2.05, 4.69) is 87.2 Å². The van der Waals surface area contributed by atoms with Crippen LogP contribution in [0.1, 0.15) is 163 Å². The predicted molar refractivity (Wildman–Crippen MR) is 297 cm³/mol. The highest BCUT2D eigenvalue weighted by molar-refractivity contribution is 5.79. The molecule has 0 amide bonds. The monoisotopic (exact) mass is 956 g/mol. The smallest absolute Gasteiger partial charge is 0.226 e. The number of allylic oxidation sites excluding steroid dienone is 5. The molecule has 0 radical (unpaired) electrons. The van der Waals surface area contributed by atoms with E-state index in [1.165, 1.54) is 64.5 Å². The van der Waals surface area contributed by atoms with Gasteiger partial charge in [0, 0.05) is 17.6 Å². The molecule has 1 saturated heterocycles. The molecule has 0 saturated carbocycles. The Hall–Kier alpha value is -4.90. The molecule has 4 aromatic rings. The molecule has 2 atom stereocenters. The van der Waals surface area contributed by atoms with E-state index in [4.69, 9.17) is 13.9 Å². The number of likely N-dealkylation sites (tertiary alicyclic amines) is 1. The van der Waals surface area contributed by atoms with Crippen molar-refractivity contribution in [3.8, 4) is 11.5 Å². The fourth-order valence-electron chi connectivity index (χ4n) is 5.91. The largest absolute Gasteiger partial charge is 0.492 e. The molecular formula is C59H97N5O5. The van der Waals surface area contributed by atoms with Crippen LogP contribution in [-0.2, 0) is 16.2 Å². The Labute approximate surface area is 421 Å². The number of oxazole rings is 1. The van der Waals surface area contributed by atoms with E-state index in [1.54, 1.807) is 6.20 Å². The fourth-order valence-corrected chi connectivity index (χ4v) is 5.91. The van der Waals surface area contributed by atoms with Gasteiger partial charge in [-0.05, 0) is 135 Å². The van der Waals surface area contributed by atoms with E-state index in [9.17, 15) is 9.59 Å². The van der Waals surface area contributed by atoms with Crippen molar-refractivity contribution in [2.75, 3.05) is 60.5 Å². The molecule has 0 bridgehead atoms. The third-order valence-electron chi connectivity index (χ3n) is 10.6. The number of hydrogen-bond acceptors (Lipinski definition) is 10. The van der Waals surface area contributed by atoms with E-state index >= 15 is 0 Å². The minimum atomic E-state index is 0.0289. The van der Waals surface area contributed by atoms with Gasteiger partial charge in [0.2, 0.25) is 5.89 Å². The molecule has 69 heavy (non-hydrogen) atoms. The molecule has 1 aliphatic heterocycles. The van der Waals surface area contributed by atoms with Crippen molar-refractivity contribution in [3.63, 3.8) is 0 Å². The second kappa shape index (κ2) is 46.8. The number of carbonyl (C=O) groups excluding carboxylic acids is 2. The summed E-state index contributed by atoms with van der Waals surface area (Å²) < 4.78 is 17.4. The van der Waals surface area contributed by atoms with Gasteiger partial charge in [0.1, 0.15) is 36.2 Å². The molecule has 3 heterocycles. The van der Waals surface area contributed by atoms with Crippen molar-refractivity contribution in [1.29, 1.82) is 0 Å². The molecule has 1 fully saturated rings. The maximum Gasteiger partial charge on any atom is 0.226 e. The topological polar surface area (TPSA) is 110 Å². The summed E-state index contributed by atoms with van der Waals surface area (Å²) in [6.07, 6.45) is 25.1. The van der Waals surface area contributed by atoms with Crippen molar-refractivity contribution < 1.29 is 23.5 Å². The molecule has 1 aliphatic rings. The lowest BCUT2D eigenvalue weighted by atomic mass is 10.0. The molecule has 0 aliphatic carbocycles. The van der Waals surface area contributed by atoms with E-state index in [1.807, 2.05) is 120 Å². The zero-order valence-electron chi connectivity index (χ0n) is 45.7. The lowest BCUT2D eigenvalue weighted by Crippen LogP contribution is -2.28. The Morgan fingerprint density at radius 3 is 2.00 bits per heavy atom. The number of rotatable bonds is 22. The highest BCUT2D eigenvalue weighted by atomic mass is 16.5. The van der Waals surface area contributed by atoms with Crippen molar-refractivity contribution in [3.05, 3.63) is 115 Å². The van der Waals surface area contributed by atoms with E-state index in [-0.39, 0.29) is 5.92 Å². The summed E-state index contributed by atoms with van der Waals surface area (Å²) in [7, 11) is 5.92.